The number of nitrogens with zero attached hydrogens (tertiary/aromatic N) is 1. The predicted molar refractivity (Wildman–Crippen MR) is 59.5 cm³/mol. The molecule has 0 spiro atoms. The Balaban J connectivity index is 2.50. The van der Waals surface area contributed by atoms with Gasteiger partial charge in [-0.3, -0.25) is 0 Å². The molecule has 0 amide bonds. The Labute approximate surface area is 99.1 Å². The summed E-state index contributed by atoms with van der Waals surface area (Å²) in [6.45, 7) is 0. The first-order valence-electron chi connectivity index (χ1n) is 4.22. The lowest BCUT2D eigenvalue weighted by molar-refractivity contribution is 0.0691. The lowest BCUT2D eigenvalue weighted by atomic mass is 10.2. The molecule has 0 fully saturated rings. The van der Waals surface area contributed by atoms with Crippen molar-refractivity contribution in [1.29, 1.82) is 0 Å². The molecule has 0 saturated carbocycles. The maximum Gasteiger partial charge on any atom is 0.355 e. The molecule has 82 valence electrons. The second-order valence-corrected chi connectivity index (χ2v) is 4.26. The zero-order chi connectivity index (χ0) is 11.7. The van der Waals surface area contributed by atoms with E-state index >= 15 is 0 Å². The molecule has 0 bridgehead atoms. The average Bonchev–Trinajstić information content (AvgIpc) is 2.70. The van der Waals surface area contributed by atoms with Crippen LogP contribution < -0.4 is 0 Å². The van der Waals surface area contributed by atoms with Crippen LogP contribution in [0.4, 0.5) is 4.39 Å². The Morgan fingerprint density at radius 2 is 2.25 bits per heavy atom. The largest absolute Gasteiger partial charge is 0.476 e. The number of aromatic nitrogens is 1. The lowest BCUT2D eigenvalue weighted by Gasteiger charge is -1.98. The maximum atomic E-state index is 13.4. The molecule has 0 aliphatic carbocycles. The smallest absolute Gasteiger partial charge is 0.355 e. The molecular weight excluding hydrogens is 253 g/mol. The Hall–Kier alpha value is -1.46. The molecule has 1 aromatic carbocycles. The first-order chi connectivity index (χ1) is 7.58. The minimum Gasteiger partial charge on any atom is -0.476 e. The molecule has 1 aromatic heterocycles. The summed E-state index contributed by atoms with van der Waals surface area (Å²) >= 11 is 6.79. The molecule has 0 radical (unpaired) electrons. The number of benzene rings is 1. The zero-order valence-corrected chi connectivity index (χ0v) is 9.35. The first kappa shape index (κ1) is 11.0. The van der Waals surface area contributed by atoms with Crippen LogP contribution in [0.3, 0.4) is 0 Å². The Kier molecular flexibility index (Phi) is 2.89. The van der Waals surface area contributed by atoms with Crippen molar-refractivity contribution >= 4 is 28.9 Å². The zero-order valence-electron chi connectivity index (χ0n) is 7.78. The average molecular weight is 258 g/mol. The summed E-state index contributed by atoms with van der Waals surface area (Å²) in [5, 5.41) is 10.7. The van der Waals surface area contributed by atoms with E-state index in [1.807, 2.05) is 0 Å². The molecule has 0 unspecified atom stereocenters. The van der Waals surface area contributed by atoms with Crippen LogP contribution in [0.5, 0.6) is 0 Å². The number of thiazole rings is 1. The number of rotatable bonds is 2. The summed E-state index contributed by atoms with van der Waals surface area (Å²) < 4.78 is 13.4. The number of carbonyl (C=O) groups is 1. The van der Waals surface area contributed by atoms with Crippen LogP contribution >= 0.6 is 22.9 Å². The highest BCUT2D eigenvalue weighted by Gasteiger charge is 2.13. The molecule has 0 saturated heterocycles. The molecule has 0 aliphatic rings. The van der Waals surface area contributed by atoms with Crippen molar-refractivity contribution in [3.8, 4) is 10.6 Å². The molecule has 2 aromatic rings. The van der Waals surface area contributed by atoms with Crippen LogP contribution in [0.2, 0.25) is 5.02 Å². The molecule has 1 N–H and O–H groups in total. The molecule has 3 nitrogen and oxygen atoms in total. The summed E-state index contributed by atoms with van der Waals surface area (Å²) in [5.74, 6) is -1.61. The van der Waals surface area contributed by atoms with Crippen LogP contribution in [-0.2, 0) is 0 Å². The molecular formula is C10H5ClFNO2S. The van der Waals surface area contributed by atoms with E-state index in [0.717, 1.165) is 11.3 Å². The predicted octanol–water partition coefficient (Wildman–Crippen LogP) is 3.30. The number of hydrogen-bond donors (Lipinski definition) is 1. The third-order valence-electron chi connectivity index (χ3n) is 1.88. The van der Waals surface area contributed by atoms with Crippen LogP contribution in [-0.4, -0.2) is 16.1 Å². The summed E-state index contributed by atoms with van der Waals surface area (Å²) in [6.07, 6.45) is 0. The number of carboxylic acids is 1. The monoisotopic (exact) mass is 257 g/mol. The molecule has 1 heterocycles. The highest BCUT2D eigenvalue weighted by Crippen LogP contribution is 2.28. The van der Waals surface area contributed by atoms with E-state index in [1.165, 1.54) is 23.6 Å². The number of aromatic carboxylic acids is 1. The lowest BCUT2D eigenvalue weighted by Crippen LogP contribution is -1.95. The van der Waals surface area contributed by atoms with Gasteiger partial charge in [0.05, 0.1) is 0 Å². The second-order valence-electron chi connectivity index (χ2n) is 2.97. The van der Waals surface area contributed by atoms with Gasteiger partial charge in [0, 0.05) is 16.0 Å². The summed E-state index contributed by atoms with van der Waals surface area (Å²) in [6, 6.07) is 4.06. The van der Waals surface area contributed by atoms with Crippen molar-refractivity contribution in [3.63, 3.8) is 0 Å². The molecule has 0 aliphatic heterocycles. The molecule has 0 atom stereocenters. The normalized spacial score (nSPS) is 10.4. The van der Waals surface area contributed by atoms with Gasteiger partial charge in [-0.25, -0.2) is 14.2 Å². The van der Waals surface area contributed by atoms with E-state index in [9.17, 15) is 9.18 Å². The fourth-order valence-corrected chi connectivity index (χ4v) is 2.14. The van der Waals surface area contributed by atoms with E-state index in [1.54, 1.807) is 0 Å². The van der Waals surface area contributed by atoms with E-state index in [4.69, 9.17) is 16.7 Å². The number of carboxylic acid groups (broad SMARTS) is 1. The fourth-order valence-electron chi connectivity index (χ4n) is 1.16. The summed E-state index contributed by atoms with van der Waals surface area (Å²) in [7, 11) is 0. The van der Waals surface area contributed by atoms with Gasteiger partial charge in [-0.15, -0.1) is 11.3 Å². The Morgan fingerprint density at radius 1 is 1.50 bits per heavy atom. The second kappa shape index (κ2) is 4.19. The van der Waals surface area contributed by atoms with Crippen molar-refractivity contribution in [3.05, 3.63) is 40.1 Å². The van der Waals surface area contributed by atoms with Gasteiger partial charge in [-0.2, -0.15) is 0 Å². The van der Waals surface area contributed by atoms with E-state index in [-0.39, 0.29) is 11.3 Å². The summed E-state index contributed by atoms with van der Waals surface area (Å²) in [4.78, 5) is 14.4. The van der Waals surface area contributed by atoms with Gasteiger partial charge < -0.3 is 5.11 Å². The van der Waals surface area contributed by atoms with Gasteiger partial charge in [-0.1, -0.05) is 11.6 Å². The topological polar surface area (TPSA) is 50.2 Å². The van der Waals surface area contributed by atoms with Gasteiger partial charge in [-0.05, 0) is 18.2 Å². The van der Waals surface area contributed by atoms with E-state index in [0.29, 0.717) is 10.0 Å². The summed E-state index contributed by atoms with van der Waals surface area (Å²) in [5.41, 5.74) is 0.115. The van der Waals surface area contributed by atoms with E-state index < -0.39 is 11.8 Å². The van der Waals surface area contributed by atoms with Crippen molar-refractivity contribution < 1.29 is 14.3 Å². The van der Waals surface area contributed by atoms with Crippen molar-refractivity contribution in [2.24, 2.45) is 0 Å². The quantitative estimate of drug-likeness (QED) is 0.898. The van der Waals surface area contributed by atoms with Gasteiger partial charge in [0.25, 0.3) is 0 Å². The van der Waals surface area contributed by atoms with Crippen molar-refractivity contribution in [1.82, 2.24) is 4.98 Å². The fraction of sp³-hybridized carbons (Fsp3) is 0. The third-order valence-corrected chi connectivity index (χ3v) is 2.99. The van der Waals surface area contributed by atoms with Gasteiger partial charge in [0.15, 0.2) is 5.69 Å². The molecule has 16 heavy (non-hydrogen) atoms. The van der Waals surface area contributed by atoms with Gasteiger partial charge in [0.1, 0.15) is 10.8 Å². The van der Waals surface area contributed by atoms with Crippen LogP contribution in [0.1, 0.15) is 10.5 Å². The maximum absolute atomic E-state index is 13.4. The standard InChI is InChI=1S/C10H5ClFNO2S/c11-5-1-2-7(12)6(3-5)9-13-8(4-16-9)10(14)15/h1-4H,(H,14,15). The Bertz CT molecular complexity index is 556. The SMILES string of the molecule is O=C(O)c1csc(-c2cc(Cl)ccc2F)n1. The van der Waals surface area contributed by atoms with Crippen molar-refractivity contribution in [2.45, 2.75) is 0 Å². The van der Waals surface area contributed by atoms with Crippen LogP contribution in [0.25, 0.3) is 10.6 Å². The number of hydrogen-bond acceptors (Lipinski definition) is 3. The van der Waals surface area contributed by atoms with Crippen LogP contribution in [0.15, 0.2) is 23.6 Å². The molecule has 6 heteroatoms. The van der Waals surface area contributed by atoms with Crippen molar-refractivity contribution in [2.75, 3.05) is 0 Å². The minimum atomic E-state index is -1.13. The van der Waals surface area contributed by atoms with Crippen LogP contribution in [0, 0.1) is 5.82 Å². The minimum absolute atomic E-state index is 0.0978. The van der Waals surface area contributed by atoms with Gasteiger partial charge >= 0.3 is 5.97 Å². The van der Waals surface area contributed by atoms with Gasteiger partial charge in [0.2, 0.25) is 0 Å². The Morgan fingerprint density at radius 3 is 2.88 bits per heavy atom. The first-order valence-corrected chi connectivity index (χ1v) is 5.48. The van der Waals surface area contributed by atoms with E-state index in [2.05, 4.69) is 4.98 Å². The number of halogens is 2. The highest BCUT2D eigenvalue weighted by molar-refractivity contribution is 7.13. The third kappa shape index (κ3) is 2.05. The highest BCUT2D eigenvalue weighted by atomic mass is 35.5. The molecule has 2 rings (SSSR count).